The van der Waals surface area contributed by atoms with Gasteiger partial charge in [0.15, 0.2) is 0 Å². The van der Waals surface area contributed by atoms with Crippen LogP contribution in [0.15, 0.2) is 23.3 Å². The van der Waals surface area contributed by atoms with Gasteiger partial charge in [0.2, 0.25) is 0 Å². The zero-order valence-electron chi connectivity index (χ0n) is 6.81. The molecule has 5 heteroatoms. The molecular weight excluding hydrogens is 190 g/mol. The summed E-state index contributed by atoms with van der Waals surface area (Å²) in [5.41, 5.74) is 8.73. The van der Waals surface area contributed by atoms with Gasteiger partial charge in [-0.25, -0.2) is 0 Å². The molecular formula is C8H8ClN3O. The normalized spacial score (nSPS) is 9.31. The molecule has 0 saturated carbocycles. The van der Waals surface area contributed by atoms with Crippen LogP contribution in [0.5, 0.6) is 5.75 Å². The summed E-state index contributed by atoms with van der Waals surface area (Å²) in [6.07, 6.45) is 0.496. The van der Waals surface area contributed by atoms with Crippen LogP contribution in [-0.4, -0.2) is 11.7 Å². The number of benzene rings is 1. The molecule has 0 aromatic heterocycles. The highest BCUT2D eigenvalue weighted by molar-refractivity contribution is 6.30. The Labute approximate surface area is 80.4 Å². The SMILES string of the molecule is [N-]=[N+]=NCCc1cc(Cl)ccc1O. The van der Waals surface area contributed by atoms with E-state index in [1.54, 1.807) is 12.1 Å². The van der Waals surface area contributed by atoms with Crippen molar-refractivity contribution in [1.29, 1.82) is 0 Å². The third-order valence-electron chi connectivity index (χ3n) is 1.59. The van der Waals surface area contributed by atoms with E-state index in [9.17, 15) is 5.11 Å². The Hall–Kier alpha value is -1.38. The van der Waals surface area contributed by atoms with E-state index in [2.05, 4.69) is 10.0 Å². The standard InChI is InChI=1S/C8H8ClN3O/c9-7-1-2-8(13)6(5-7)3-4-11-12-10/h1-2,5,13H,3-4H2. The van der Waals surface area contributed by atoms with E-state index in [-0.39, 0.29) is 5.75 Å². The fourth-order valence-electron chi connectivity index (χ4n) is 0.969. The molecule has 0 saturated heterocycles. The van der Waals surface area contributed by atoms with E-state index in [0.717, 1.165) is 0 Å². The van der Waals surface area contributed by atoms with Gasteiger partial charge < -0.3 is 5.11 Å². The van der Waals surface area contributed by atoms with Crippen LogP contribution in [0.3, 0.4) is 0 Å². The van der Waals surface area contributed by atoms with Crippen LogP contribution in [0.2, 0.25) is 5.02 Å². The molecule has 0 spiro atoms. The first kappa shape index (κ1) is 9.71. The molecule has 0 heterocycles. The lowest BCUT2D eigenvalue weighted by Crippen LogP contribution is -1.88. The molecule has 0 fully saturated rings. The summed E-state index contributed by atoms with van der Waals surface area (Å²) in [5.74, 6) is 0.178. The third-order valence-corrected chi connectivity index (χ3v) is 1.82. The van der Waals surface area contributed by atoms with Crippen LogP contribution in [0.4, 0.5) is 0 Å². The summed E-state index contributed by atoms with van der Waals surface area (Å²) in [4.78, 5) is 2.61. The second kappa shape index (κ2) is 4.60. The maximum atomic E-state index is 9.34. The van der Waals surface area contributed by atoms with E-state index in [1.807, 2.05) is 0 Å². The number of aromatic hydroxyl groups is 1. The molecule has 0 amide bonds. The number of halogens is 1. The topological polar surface area (TPSA) is 69.0 Å². The summed E-state index contributed by atoms with van der Waals surface area (Å²) < 4.78 is 0. The van der Waals surface area contributed by atoms with E-state index in [4.69, 9.17) is 17.1 Å². The first-order valence-corrected chi connectivity index (χ1v) is 4.10. The van der Waals surface area contributed by atoms with Gasteiger partial charge in [0.05, 0.1) is 0 Å². The Morgan fingerprint density at radius 1 is 1.54 bits per heavy atom. The van der Waals surface area contributed by atoms with Gasteiger partial charge in [0.1, 0.15) is 5.75 Å². The lowest BCUT2D eigenvalue weighted by atomic mass is 10.1. The Balaban J connectivity index is 2.75. The van der Waals surface area contributed by atoms with Crippen LogP contribution in [0.25, 0.3) is 10.4 Å². The van der Waals surface area contributed by atoms with E-state index < -0.39 is 0 Å². The highest BCUT2D eigenvalue weighted by atomic mass is 35.5. The zero-order valence-corrected chi connectivity index (χ0v) is 7.57. The number of phenols is 1. The summed E-state index contributed by atoms with van der Waals surface area (Å²) in [7, 11) is 0. The Morgan fingerprint density at radius 3 is 3.00 bits per heavy atom. The molecule has 0 aliphatic heterocycles. The van der Waals surface area contributed by atoms with Crippen molar-refractivity contribution in [2.75, 3.05) is 6.54 Å². The lowest BCUT2D eigenvalue weighted by molar-refractivity contribution is 0.468. The summed E-state index contributed by atoms with van der Waals surface area (Å²) in [6, 6.07) is 4.78. The van der Waals surface area contributed by atoms with Gasteiger partial charge in [-0.15, -0.1) is 0 Å². The smallest absolute Gasteiger partial charge is 0.118 e. The van der Waals surface area contributed by atoms with Crippen LogP contribution in [0.1, 0.15) is 5.56 Å². The van der Waals surface area contributed by atoms with Crippen molar-refractivity contribution in [2.24, 2.45) is 5.11 Å². The van der Waals surface area contributed by atoms with Crippen LogP contribution >= 0.6 is 11.6 Å². The maximum absolute atomic E-state index is 9.34. The molecule has 0 atom stereocenters. The first-order valence-electron chi connectivity index (χ1n) is 3.72. The molecule has 1 N–H and O–H groups in total. The maximum Gasteiger partial charge on any atom is 0.118 e. The van der Waals surface area contributed by atoms with Gasteiger partial charge in [-0.1, -0.05) is 16.7 Å². The largest absolute Gasteiger partial charge is 0.508 e. The summed E-state index contributed by atoms with van der Waals surface area (Å²) >= 11 is 5.72. The number of nitrogens with zero attached hydrogens (tertiary/aromatic N) is 3. The summed E-state index contributed by atoms with van der Waals surface area (Å²) in [6.45, 7) is 0.324. The minimum Gasteiger partial charge on any atom is -0.508 e. The van der Waals surface area contributed by atoms with Gasteiger partial charge in [-0.3, -0.25) is 0 Å². The molecule has 1 aromatic rings. The van der Waals surface area contributed by atoms with E-state index >= 15 is 0 Å². The minimum atomic E-state index is 0.178. The predicted octanol–water partition coefficient (Wildman–Crippen LogP) is 2.90. The molecule has 68 valence electrons. The fraction of sp³-hybridized carbons (Fsp3) is 0.250. The van der Waals surface area contributed by atoms with Crippen LogP contribution < -0.4 is 0 Å². The molecule has 1 rings (SSSR count). The Bertz CT molecular complexity index is 347. The molecule has 0 aliphatic carbocycles. The molecule has 1 aromatic carbocycles. The van der Waals surface area contributed by atoms with Crippen molar-refractivity contribution in [3.63, 3.8) is 0 Å². The van der Waals surface area contributed by atoms with Gasteiger partial charge in [-0.2, -0.15) is 0 Å². The third kappa shape index (κ3) is 2.86. The van der Waals surface area contributed by atoms with Crippen molar-refractivity contribution < 1.29 is 5.11 Å². The molecule has 0 radical (unpaired) electrons. The van der Waals surface area contributed by atoms with Crippen molar-refractivity contribution in [3.8, 4) is 5.75 Å². The van der Waals surface area contributed by atoms with Crippen molar-refractivity contribution in [3.05, 3.63) is 39.2 Å². The van der Waals surface area contributed by atoms with E-state index in [0.29, 0.717) is 23.6 Å². The van der Waals surface area contributed by atoms with E-state index in [1.165, 1.54) is 6.07 Å². The Kier molecular flexibility index (Phi) is 3.43. The molecule has 13 heavy (non-hydrogen) atoms. The first-order chi connectivity index (χ1) is 6.24. The summed E-state index contributed by atoms with van der Waals surface area (Å²) in [5, 5.41) is 13.3. The second-order valence-corrected chi connectivity index (χ2v) is 2.91. The van der Waals surface area contributed by atoms with Gasteiger partial charge in [0.25, 0.3) is 0 Å². The average molecular weight is 198 g/mol. The molecule has 0 aliphatic rings. The number of hydrogen-bond acceptors (Lipinski definition) is 2. The van der Waals surface area contributed by atoms with Gasteiger partial charge in [-0.05, 0) is 35.7 Å². The average Bonchev–Trinajstić information content (AvgIpc) is 2.11. The van der Waals surface area contributed by atoms with Crippen molar-refractivity contribution in [2.45, 2.75) is 6.42 Å². The van der Waals surface area contributed by atoms with Crippen molar-refractivity contribution >= 4 is 11.6 Å². The van der Waals surface area contributed by atoms with Crippen LogP contribution in [-0.2, 0) is 6.42 Å². The fourth-order valence-corrected chi connectivity index (χ4v) is 1.16. The zero-order chi connectivity index (χ0) is 9.68. The number of azide groups is 1. The quantitative estimate of drug-likeness (QED) is 0.452. The van der Waals surface area contributed by atoms with Crippen molar-refractivity contribution in [1.82, 2.24) is 0 Å². The Morgan fingerprint density at radius 2 is 2.31 bits per heavy atom. The number of rotatable bonds is 3. The van der Waals surface area contributed by atoms with Gasteiger partial charge in [0, 0.05) is 16.5 Å². The second-order valence-electron chi connectivity index (χ2n) is 2.48. The minimum absolute atomic E-state index is 0.178. The molecule has 4 nitrogen and oxygen atoms in total. The lowest BCUT2D eigenvalue weighted by Gasteiger charge is -2.01. The predicted molar refractivity (Wildman–Crippen MR) is 50.8 cm³/mol. The highest BCUT2D eigenvalue weighted by Gasteiger charge is 2.00. The monoisotopic (exact) mass is 197 g/mol. The number of hydrogen-bond donors (Lipinski definition) is 1. The van der Waals surface area contributed by atoms with Gasteiger partial charge >= 0.3 is 0 Å². The molecule has 0 bridgehead atoms. The number of phenolic OH excluding ortho intramolecular Hbond substituents is 1. The van der Waals surface area contributed by atoms with Crippen LogP contribution in [0, 0.1) is 0 Å². The molecule has 0 unspecified atom stereocenters. The highest BCUT2D eigenvalue weighted by Crippen LogP contribution is 2.21.